The molecule has 4 aromatic rings. The quantitative estimate of drug-likeness (QED) is 0.500. The number of rotatable bonds is 5. The first-order valence-electron chi connectivity index (χ1n) is 8.47. The van der Waals surface area contributed by atoms with Crippen LogP contribution in [0.15, 0.2) is 70.5 Å². The van der Waals surface area contributed by atoms with E-state index in [1.165, 1.54) is 11.3 Å². The number of nitrogens with one attached hydrogen (secondary N) is 2. The molecule has 2 N–H and O–H groups in total. The van der Waals surface area contributed by atoms with Gasteiger partial charge in [0.05, 0.1) is 12.0 Å². The number of thiophene rings is 1. The molecule has 0 aliphatic heterocycles. The number of benzene rings is 2. The minimum atomic E-state index is -0.456. The summed E-state index contributed by atoms with van der Waals surface area (Å²) in [6, 6.07) is 17.6. The molecule has 0 saturated heterocycles. The maximum Gasteiger partial charge on any atom is 0.293 e. The average Bonchev–Trinajstić information content (AvgIpc) is 3.37. The van der Waals surface area contributed by atoms with E-state index in [1.54, 1.807) is 55.6 Å². The molecule has 2 aromatic heterocycles. The minimum Gasteiger partial charge on any atom is -0.497 e. The van der Waals surface area contributed by atoms with E-state index in [1.807, 2.05) is 17.5 Å². The van der Waals surface area contributed by atoms with Crippen molar-refractivity contribution in [1.82, 2.24) is 0 Å². The highest BCUT2D eigenvalue weighted by Crippen LogP contribution is 2.32. The Morgan fingerprint density at radius 3 is 2.43 bits per heavy atom. The molecule has 2 heterocycles. The smallest absolute Gasteiger partial charge is 0.293 e. The third kappa shape index (κ3) is 3.47. The van der Waals surface area contributed by atoms with E-state index in [-0.39, 0.29) is 11.7 Å². The van der Waals surface area contributed by atoms with Crippen LogP contribution in [0.1, 0.15) is 20.2 Å². The molecule has 0 bridgehead atoms. The Labute approximate surface area is 164 Å². The van der Waals surface area contributed by atoms with Gasteiger partial charge in [-0.1, -0.05) is 18.2 Å². The van der Waals surface area contributed by atoms with Gasteiger partial charge in [0.15, 0.2) is 0 Å². The fourth-order valence-electron chi connectivity index (χ4n) is 2.77. The van der Waals surface area contributed by atoms with E-state index in [0.29, 0.717) is 33.0 Å². The topological polar surface area (TPSA) is 80.6 Å². The number of fused-ring (bicyclic) bond motifs is 1. The third-order valence-electron chi connectivity index (χ3n) is 4.13. The summed E-state index contributed by atoms with van der Waals surface area (Å²) in [5.41, 5.74) is 1.45. The van der Waals surface area contributed by atoms with E-state index in [4.69, 9.17) is 9.15 Å². The summed E-state index contributed by atoms with van der Waals surface area (Å²) < 4.78 is 10.9. The largest absolute Gasteiger partial charge is 0.497 e. The molecule has 0 saturated carbocycles. The molecule has 2 amide bonds. The Kier molecular flexibility index (Phi) is 4.82. The molecule has 7 heteroatoms. The van der Waals surface area contributed by atoms with Crippen LogP contribution >= 0.6 is 11.3 Å². The highest BCUT2D eigenvalue weighted by atomic mass is 32.1. The van der Waals surface area contributed by atoms with Crippen LogP contribution in [0.4, 0.5) is 11.4 Å². The molecule has 0 unspecified atom stereocenters. The Morgan fingerprint density at radius 1 is 0.929 bits per heavy atom. The monoisotopic (exact) mass is 392 g/mol. The first kappa shape index (κ1) is 17.8. The van der Waals surface area contributed by atoms with Crippen LogP contribution in [0.3, 0.4) is 0 Å². The molecular formula is C21H16N2O4S. The van der Waals surface area contributed by atoms with E-state index >= 15 is 0 Å². The van der Waals surface area contributed by atoms with E-state index in [2.05, 4.69) is 10.6 Å². The Hall–Kier alpha value is -3.58. The molecule has 4 rings (SSSR count). The maximum atomic E-state index is 12.8. The van der Waals surface area contributed by atoms with Gasteiger partial charge in [0.1, 0.15) is 17.0 Å². The molecule has 0 spiro atoms. The molecule has 0 fully saturated rings. The van der Waals surface area contributed by atoms with Crippen LogP contribution in [0, 0.1) is 0 Å². The van der Waals surface area contributed by atoms with Gasteiger partial charge < -0.3 is 19.8 Å². The summed E-state index contributed by atoms with van der Waals surface area (Å²) in [5, 5.41) is 8.08. The second-order valence-electron chi connectivity index (χ2n) is 5.92. The summed E-state index contributed by atoms with van der Waals surface area (Å²) in [6.07, 6.45) is 0. The lowest BCUT2D eigenvalue weighted by Crippen LogP contribution is -2.16. The molecule has 0 atom stereocenters. The molecule has 0 aliphatic rings. The van der Waals surface area contributed by atoms with Crippen molar-refractivity contribution < 1.29 is 18.7 Å². The number of carbonyl (C=O) groups excluding carboxylic acids is 2. The van der Waals surface area contributed by atoms with Gasteiger partial charge in [-0.2, -0.15) is 0 Å². The zero-order valence-corrected chi connectivity index (χ0v) is 15.7. The molecular weight excluding hydrogens is 376 g/mol. The van der Waals surface area contributed by atoms with Gasteiger partial charge in [-0.3, -0.25) is 9.59 Å². The molecule has 140 valence electrons. The lowest BCUT2D eigenvalue weighted by molar-refractivity contribution is 0.0999. The number of amides is 2. The van der Waals surface area contributed by atoms with Crippen LogP contribution in [0.5, 0.6) is 5.75 Å². The fraction of sp³-hybridized carbons (Fsp3) is 0.0476. The molecule has 28 heavy (non-hydrogen) atoms. The number of carbonyl (C=O) groups is 2. The van der Waals surface area contributed by atoms with Gasteiger partial charge in [0, 0.05) is 11.1 Å². The second kappa shape index (κ2) is 7.58. The van der Waals surface area contributed by atoms with Gasteiger partial charge in [0.25, 0.3) is 11.8 Å². The molecule has 2 aromatic carbocycles. The van der Waals surface area contributed by atoms with Crippen molar-refractivity contribution in [3.05, 3.63) is 76.7 Å². The normalized spacial score (nSPS) is 10.6. The van der Waals surface area contributed by atoms with E-state index in [9.17, 15) is 9.59 Å². The van der Waals surface area contributed by atoms with E-state index in [0.717, 1.165) is 0 Å². The fourth-order valence-corrected chi connectivity index (χ4v) is 3.39. The summed E-state index contributed by atoms with van der Waals surface area (Å²) >= 11 is 1.32. The van der Waals surface area contributed by atoms with E-state index < -0.39 is 5.91 Å². The van der Waals surface area contributed by atoms with Crippen LogP contribution in [0.2, 0.25) is 0 Å². The SMILES string of the molecule is COc1ccc(NC(=O)c2oc3ccccc3c2NC(=O)c2cccs2)cc1. The number of hydrogen-bond acceptors (Lipinski definition) is 5. The van der Waals surface area contributed by atoms with Crippen LogP contribution in [-0.2, 0) is 0 Å². The lowest BCUT2D eigenvalue weighted by Gasteiger charge is -2.07. The zero-order valence-electron chi connectivity index (χ0n) is 14.9. The Bertz CT molecular complexity index is 1130. The maximum absolute atomic E-state index is 12.8. The summed E-state index contributed by atoms with van der Waals surface area (Å²) in [7, 11) is 1.57. The van der Waals surface area contributed by atoms with Gasteiger partial charge in [-0.25, -0.2) is 0 Å². The first-order valence-corrected chi connectivity index (χ1v) is 9.35. The lowest BCUT2D eigenvalue weighted by atomic mass is 10.2. The average molecular weight is 392 g/mol. The number of para-hydroxylation sites is 1. The van der Waals surface area contributed by atoms with Gasteiger partial charge >= 0.3 is 0 Å². The highest BCUT2D eigenvalue weighted by molar-refractivity contribution is 7.12. The molecule has 6 nitrogen and oxygen atoms in total. The van der Waals surface area contributed by atoms with Gasteiger partial charge in [-0.15, -0.1) is 11.3 Å². The highest BCUT2D eigenvalue weighted by Gasteiger charge is 2.23. The van der Waals surface area contributed by atoms with Crippen molar-refractivity contribution >= 4 is 45.5 Å². The second-order valence-corrected chi connectivity index (χ2v) is 6.86. The number of anilines is 2. The van der Waals surface area contributed by atoms with Gasteiger partial charge in [-0.05, 0) is 47.8 Å². The Morgan fingerprint density at radius 2 is 1.71 bits per heavy atom. The Balaban J connectivity index is 1.67. The minimum absolute atomic E-state index is 0.0434. The summed E-state index contributed by atoms with van der Waals surface area (Å²) in [6.45, 7) is 0. The predicted molar refractivity (Wildman–Crippen MR) is 109 cm³/mol. The number of ether oxygens (including phenoxy) is 1. The molecule has 0 aliphatic carbocycles. The zero-order chi connectivity index (χ0) is 19.5. The van der Waals surface area contributed by atoms with Crippen LogP contribution in [0.25, 0.3) is 11.0 Å². The van der Waals surface area contributed by atoms with Gasteiger partial charge in [0.2, 0.25) is 5.76 Å². The standard InChI is InChI=1S/C21H16N2O4S/c1-26-14-10-8-13(9-11-14)22-21(25)19-18(15-5-2-3-6-16(15)27-19)23-20(24)17-7-4-12-28-17/h2-12H,1H3,(H,22,25)(H,23,24). The van der Waals surface area contributed by atoms with Crippen LogP contribution in [-0.4, -0.2) is 18.9 Å². The van der Waals surface area contributed by atoms with Crippen LogP contribution < -0.4 is 15.4 Å². The number of furan rings is 1. The predicted octanol–water partition coefficient (Wildman–Crippen LogP) is 5.01. The van der Waals surface area contributed by atoms with Crippen molar-refractivity contribution in [2.24, 2.45) is 0 Å². The third-order valence-corrected chi connectivity index (χ3v) is 5.00. The van der Waals surface area contributed by atoms with Crippen molar-refractivity contribution in [3.63, 3.8) is 0 Å². The summed E-state index contributed by atoms with van der Waals surface area (Å²) in [5.74, 6) is -0.0181. The number of hydrogen-bond donors (Lipinski definition) is 2. The van der Waals surface area contributed by atoms with Crippen molar-refractivity contribution in [3.8, 4) is 5.75 Å². The van der Waals surface area contributed by atoms with Crippen molar-refractivity contribution in [1.29, 1.82) is 0 Å². The number of methoxy groups -OCH3 is 1. The van der Waals surface area contributed by atoms with Crippen molar-refractivity contribution in [2.75, 3.05) is 17.7 Å². The molecule has 0 radical (unpaired) electrons. The first-order chi connectivity index (χ1) is 13.7. The van der Waals surface area contributed by atoms with Crippen molar-refractivity contribution in [2.45, 2.75) is 0 Å². The summed E-state index contributed by atoms with van der Waals surface area (Å²) in [4.78, 5) is 25.9.